The summed E-state index contributed by atoms with van der Waals surface area (Å²) in [5.41, 5.74) is 2.77. The van der Waals surface area contributed by atoms with E-state index >= 15 is 0 Å². The Morgan fingerprint density at radius 2 is 2.04 bits per heavy atom. The number of ether oxygens (including phenoxy) is 1. The van der Waals surface area contributed by atoms with Crippen LogP contribution in [0.5, 0.6) is 5.75 Å². The zero-order chi connectivity index (χ0) is 18.1. The average molecular weight is 413 g/mol. The Labute approximate surface area is 159 Å². The lowest BCUT2D eigenvalue weighted by Crippen LogP contribution is -2.26. The van der Waals surface area contributed by atoms with Crippen LogP contribution in [-0.4, -0.2) is 25.0 Å². The van der Waals surface area contributed by atoms with Crippen LogP contribution in [0.3, 0.4) is 0 Å². The highest BCUT2D eigenvalue weighted by Crippen LogP contribution is 2.32. The normalized spacial score (nSPS) is 16.0. The summed E-state index contributed by atoms with van der Waals surface area (Å²) in [7, 11) is 0. The van der Waals surface area contributed by atoms with Crippen LogP contribution >= 0.6 is 15.9 Å². The van der Waals surface area contributed by atoms with Crippen molar-refractivity contribution in [1.82, 2.24) is 0 Å². The maximum absolute atomic E-state index is 12.7. The van der Waals surface area contributed by atoms with Crippen LogP contribution < -0.4 is 15.0 Å². The summed E-state index contributed by atoms with van der Waals surface area (Å²) in [6, 6.07) is 13.1. The van der Waals surface area contributed by atoms with Crippen LogP contribution in [0.1, 0.15) is 18.4 Å². The third-order valence-corrected chi connectivity index (χ3v) is 4.99. The number of hydrogen-bond donors (Lipinski definition) is 1. The highest BCUT2D eigenvalue weighted by molar-refractivity contribution is 9.10. The predicted molar refractivity (Wildman–Crippen MR) is 104 cm³/mol. The second-order valence-electron chi connectivity index (χ2n) is 6.26. The van der Waals surface area contributed by atoms with E-state index in [4.69, 9.17) is 4.74 Å². The lowest BCUT2D eigenvalue weighted by Gasteiger charge is -2.21. The summed E-state index contributed by atoms with van der Waals surface area (Å²) in [6.07, 6.45) is 3.22. The number of nitrogens with one attached hydrogen (secondary N) is 1. The van der Waals surface area contributed by atoms with Gasteiger partial charge in [0.1, 0.15) is 12.4 Å². The first-order valence-electron chi connectivity index (χ1n) is 8.45. The van der Waals surface area contributed by atoms with Gasteiger partial charge >= 0.3 is 0 Å². The van der Waals surface area contributed by atoms with E-state index in [1.54, 1.807) is 4.90 Å². The topological polar surface area (TPSA) is 58.6 Å². The molecule has 2 aromatic carbocycles. The van der Waals surface area contributed by atoms with Gasteiger partial charge in [0.05, 0.1) is 16.9 Å². The number of rotatable bonds is 3. The minimum Gasteiger partial charge on any atom is -0.488 e. The van der Waals surface area contributed by atoms with Crippen LogP contribution in [0.4, 0.5) is 11.4 Å². The summed E-state index contributed by atoms with van der Waals surface area (Å²) in [5.74, 6) is 0.619. The van der Waals surface area contributed by atoms with Gasteiger partial charge in [0.2, 0.25) is 5.91 Å². The Bertz CT molecular complexity index is 923. The van der Waals surface area contributed by atoms with E-state index < -0.39 is 0 Å². The molecule has 2 aliphatic rings. The molecule has 0 spiro atoms. The van der Waals surface area contributed by atoms with Crippen LogP contribution in [0, 0.1) is 0 Å². The number of anilines is 2. The number of para-hydroxylation sites is 2. The number of nitrogens with zero attached hydrogens (tertiary/aromatic N) is 1. The van der Waals surface area contributed by atoms with Crippen molar-refractivity contribution in [1.29, 1.82) is 0 Å². The summed E-state index contributed by atoms with van der Waals surface area (Å²) in [4.78, 5) is 26.5. The standard InChI is InChI=1S/C20H17BrN2O3/c21-15-7-8-18-13(11-15)10-14(12-26-18)20(25)22-16-4-1-2-5-17(16)23-9-3-6-19(23)24/h1-2,4-5,7-8,10-11H,3,6,9,12H2,(H,22,25). The first-order valence-corrected chi connectivity index (χ1v) is 9.25. The number of halogens is 1. The minimum absolute atomic E-state index is 0.0886. The van der Waals surface area contributed by atoms with Gasteiger partial charge in [-0.05, 0) is 42.8 Å². The molecule has 6 heteroatoms. The molecule has 2 amide bonds. The molecule has 0 unspecified atom stereocenters. The maximum Gasteiger partial charge on any atom is 0.255 e. The van der Waals surface area contributed by atoms with Crippen molar-refractivity contribution < 1.29 is 14.3 Å². The molecule has 4 rings (SSSR count). The smallest absolute Gasteiger partial charge is 0.255 e. The lowest BCUT2D eigenvalue weighted by atomic mass is 10.1. The van der Waals surface area contributed by atoms with Crippen LogP contribution in [0.2, 0.25) is 0 Å². The van der Waals surface area contributed by atoms with Gasteiger partial charge in [-0.1, -0.05) is 28.1 Å². The molecule has 2 aromatic rings. The first kappa shape index (κ1) is 16.8. The second kappa shape index (κ2) is 6.96. The van der Waals surface area contributed by atoms with E-state index in [-0.39, 0.29) is 18.4 Å². The van der Waals surface area contributed by atoms with E-state index in [1.807, 2.05) is 48.5 Å². The Morgan fingerprint density at radius 1 is 1.19 bits per heavy atom. The third kappa shape index (κ3) is 3.24. The number of fused-ring (bicyclic) bond motifs is 1. The Balaban J connectivity index is 1.59. The van der Waals surface area contributed by atoms with Gasteiger partial charge < -0.3 is 15.0 Å². The molecule has 0 radical (unpaired) electrons. The van der Waals surface area contributed by atoms with Crippen molar-refractivity contribution in [3.63, 3.8) is 0 Å². The Morgan fingerprint density at radius 3 is 2.85 bits per heavy atom. The molecule has 1 fully saturated rings. The molecule has 2 aliphatic heterocycles. The van der Waals surface area contributed by atoms with Gasteiger partial charge in [-0.2, -0.15) is 0 Å². The average Bonchev–Trinajstić information content (AvgIpc) is 3.07. The maximum atomic E-state index is 12.7. The largest absolute Gasteiger partial charge is 0.488 e. The van der Waals surface area contributed by atoms with Gasteiger partial charge in [-0.3, -0.25) is 9.59 Å². The minimum atomic E-state index is -0.227. The zero-order valence-corrected chi connectivity index (χ0v) is 15.6. The van der Waals surface area contributed by atoms with Gasteiger partial charge in [0, 0.05) is 23.0 Å². The Kier molecular flexibility index (Phi) is 4.51. The van der Waals surface area contributed by atoms with Crippen LogP contribution in [0.25, 0.3) is 6.08 Å². The molecule has 0 aromatic heterocycles. The molecular weight excluding hydrogens is 396 g/mol. The summed E-state index contributed by atoms with van der Waals surface area (Å²) in [5, 5.41) is 2.93. The van der Waals surface area contributed by atoms with Crippen molar-refractivity contribution in [2.75, 3.05) is 23.4 Å². The molecule has 0 aliphatic carbocycles. The fourth-order valence-electron chi connectivity index (χ4n) is 3.20. The Hall–Kier alpha value is -2.60. The molecule has 132 valence electrons. The summed E-state index contributed by atoms with van der Waals surface area (Å²) >= 11 is 3.43. The second-order valence-corrected chi connectivity index (χ2v) is 7.18. The molecular formula is C20H17BrN2O3. The number of benzene rings is 2. The van der Waals surface area contributed by atoms with Gasteiger partial charge in [0.25, 0.3) is 5.91 Å². The van der Waals surface area contributed by atoms with Gasteiger partial charge in [0.15, 0.2) is 0 Å². The fraction of sp³-hybridized carbons (Fsp3) is 0.200. The highest BCUT2D eigenvalue weighted by Gasteiger charge is 2.25. The highest BCUT2D eigenvalue weighted by atomic mass is 79.9. The first-order chi connectivity index (χ1) is 12.6. The fourth-order valence-corrected chi connectivity index (χ4v) is 3.58. The molecule has 5 nitrogen and oxygen atoms in total. The van der Waals surface area contributed by atoms with E-state index in [0.717, 1.165) is 27.9 Å². The monoisotopic (exact) mass is 412 g/mol. The van der Waals surface area contributed by atoms with E-state index in [1.165, 1.54) is 0 Å². The number of carbonyl (C=O) groups is 2. The molecule has 1 saturated heterocycles. The van der Waals surface area contributed by atoms with Gasteiger partial charge in [-0.15, -0.1) is 0 Å². The van der Waals surface area contributed by atoms with Gasteiger partial charge in [-0.25, -0.2) is 0 Å². The molecule has 1 N–H and O–H groups in total. The van der Waals surface area contributed by atoms with Crippen molar-refractivity contribution in [3.8, 4) is 5.75 Å². The van der Waals surface area contributed by atoms with Crippen molar-refractivity contribution in [3.05, 3.63) is 58.1 Å². The lowest BCUT2D eigenvalue weighted by molar-refractivity contribution is -0.117. The van der Waals surface area contributed by atoms with Crippen molar-refractivity contribution in [2.24, 2.45) is 0 Å². The molecule has 26 heavy (non-hydrogen) atoms. The summed E-state index contributed by atoms with van der Waals surface area (Å²) in [6.45, 7) is 0.893. The van der Waals surface area contributed by atoms with E-state index in [9.17, 15) is 9.59 Å². The quantitative estimate of drug-likeness (QED) is 0.828. The third-order valence-electron chi connectivity index (χ3n) is 4.49. The van der Waals surface area contributed by atoms with Crippen molar-refractivity contribution >= 4 is 45.2 Å². The SMILES string of the molecule is O=C(Nc1ccccc1N1CCCC1=O)C1=Cc2cc(Br)ccc2OC1. The number of carbonyl (C=O) groups excluding carboxylic acids is 2. The summed E-state index contributed by atoms with van der Waals surface area (Å²) < 4.78 is 6.61. The predicted octanol–water partition coefficient (Wildman–Crippen LogP) is 3.99. The number of hydrogen-bond acceptors (Lipinski definition) is 3. The van der Waals surface area contributed by atoms with Crippen molar-refractivity contribution in [2.45, 2.75) is 12.8 Å². The number of amides is 2. The van der Waals surface area contributed by atoms with Crippen LogP contribution in [0.15, 0.2) is 52.5 Å². The zero-order valence-electron chi connectivity index (χ0n) is 14.0. The molecule has 0 bridgehead atoms. The van der Waals surface area contributed by atoms with Crippen LogP contribution in [-0.2, 0) is 9.59 Å². The molecule has 0 atom stereocenters. The van der Waals surface area contributed by atoms with E-state index in [2.05, 4.69) is 21.2 Å². The molecule has 0 saturated carbocycles. The molecule has 2 heterocycles. The van der Waals surface area contributed by atoms with E-state index in [0.29, 0.717) is 24.2 Å².